The highest BCUT2D eigenvalue weighted by molar-refractivity contribution is 6.32. The van der Waals surface area contributed by atoms with E-state index in [1.165, 1.54) is 19.1 Å². The first-order valence-corrected chi connectivity index (χ1v) is 10.2. The SMILES string of the molecule is CC1=C2C(=O)c3c(O)ccc(Cl)c3C[C@H]2C[C@H]2[C@H](N(C)C)C(O)=C(C(N)=O)C(=O)[C@@]12O. The van der Waals surface area contributed by atoms with Gasteiger partial charge in [0.1, 0.15) is 17.1 Å². The van der Waals surface area contributed by atoms with Crippen LogP contribution in [0.2, 0.25) is 5.02 Å². The lowest BCUT2D eigenvalue weighted by atomic mass is 9.56. The summed E-state index contributed by atoms with van der Waals surface area (Å²) < 4.78 is 0. The summed E-state index contributed by atoms with van der Waals surface area (Å²) in [5.74, 6) is -4.59. The fourth-order valence-electron chi connectivity index (χ4n) is 5.55. The van der Waals surface area contributed by atoms with Crippen LogP contribution in [-0.2, 0) is 16.0 Å². The van der Waals surface area contributed by atoms with Gasteiger partial charge < -0.3 is 21.1 Å². The number of phenolic OH excluding ortho intramolecular Hbond substituents is 1. The minimum Gasteiger partial charge on any atom is -0.510 e. The van der Waals surface area contributed by atoms with Crippen molar-refractivity contribution in [2.45, 2.75) is 31.4 Å². The lowest BCUT2D eigenvalue weighted by molar-refractivity contribution is -0.143. The minimum absolute atomic E-state index is 0.0566. The largest absolute Gasteiger partial charge is 0.510 e. The van der Waals surface area contributed by atoms with E-state index in [4.69, 9.17) is 17.3 Å². The zero-order chi connectivity index (χ0) is 23.0. The Morgan fingerprint density at radius 3 is 2.48 bits per heavy atom. The van der Waals surface area contributed by atoms with Crippen molar-refractivity contribution in [2.24, 2.45) is 17.6 Å². The van der Waals surface area contributed by atoms with E-state index in [1.807, 2.05) is 0 Å². The van der Waals surface area contributed by atoms with Crippen molar-refractivity contribution >= 4 is 29.1 Å². The number of hydrogen-bond acceptors (Lipinski definition) is 7. The molecule has 5 N–H and O–H groups in total. The molecule has 0 heterocycles. The topological polar surface area (TPSA) is 141 Å². The molecule has 9 heteroatoms. The summed E-state index contributed by atoms with van der Waals surface area (Å²) in [6.45, 7) is 1.48. The van der Waals surface area contributed by atoms with Crippen LogP contribution in [0.15, 0.2) is 34.6 Å². The number of aliphatic hydroxyl groups excluding tert-OH is 1. The van der Waals surface area contributed by atoms with Crippen LogP contribution in [-0.4, -0.2) is 63.4 Å². The zero-order valence-electron chi connectivity index (χ0n) is 17.3. The predicted octanol–water partition coefficient (Wildman–Crippen LogP) is 1.28. The van der Waals surface area contributed by atoms with Gasteiger partial charge in [-0.05, 0) is 63.0 Å². The second kappa shape index (κ2) is 6.91. The van der Waals surface area contributed by atoms with Crippen LogP contribution in [0.5, 0.6) is 5.75 Å². The van der Waals surface area contributed by atoms with Crippen LogP contribution in [0.25, 0.3) is 0 Å². The molecule has 8 nitrogen and oxygen atoms in total. The summed E-state index contributed by atoms with van der Waals surface area (Å²) in [4.78, 5) is 40.2. The smallest absolute Gasteiger partial charge is 0.255 e. The number of ketones is 2. The Hall–Kier alpha value is -2.68. The maximum atomic E-state index is 13.4. The fraction of sp³-hybridized carbons (Fsp3) is 0.409. The van der Waals surface area contributed by atoms with E-state index in [0.717, 1.165) is 0 Å². The number of carbonyl (C=O) groups excluding carboxylic acids is 3. The average molecular weight is 447 g/mol. The molecule has 1 amide bonds. The Bertz CT molecular complexity index is 1120. The first-order chi connectivity index (χ1) is 14.4. The number of aromatic hydroxyl groups is 1. The maximum Gasteiger partial charge on any atom is 0.255 e. The van der Waals surface area contributed by atoms with Gasteiger partial charge in [0.2, 0.25) is 5.78 Å². The number of Topliss-reactive ketones (excluding diaryl/α,β-unsaturated/α-hetero) is 2. The molecule has 0 spiro atoms. The highest BCUT2D eigenvalue weighted by Crippen LogP contribution is 2.53. The number of phenols is 1. The number of hydrogen-bond donors (Lipinski definition) is 4. The number of carbonyl (C=O) groups is 3. The van der Waals surface area contributed by atoms with E-state index in [0.29, 0.717) is 17.0 Å². The molecule has 4 rings (SSSR count). The molecule has 0 fully saturated rings. The molecular weight excluding hydrogens is 424 g/mol. The first-order valence-electron chi connectivity index (χ1n) is 9.85. The van der Waals surface area contributed by atoms with Crippen molar-refractivity contribution in [3.05, 3.63) is 50.8 Å². The first kappa shape index (κ1) is 21.5. The monoisotopic (exact) mass is 446 g/mol. The Morgan fingerprint density at radius 2 is 1.90 bits per heavy atom. The third kappa shape index (κ3) is 2.71. The van der Waals surface area contributed by atoms with Gasteiger partial charge in [-0.2, -0.15) is 0 Å². The number of nitrogens with two attached hydrogens (primary N) is 1. The normalized spacial score (nSPS) is 30.3. The van der Waals surface area contributed by atoms with Crippen molar-refractivity contribution < 1.29 is 29.7 Å². The number of nitrogens with zero attached hydrogens (tertiary/aromatic N) is 1. The molecule has 1 aromatic rings. The van der Waals surface area contributed by atoms with Crippen molar-refractivity contribution in [3.63, 3.8) is 0 Å². The highest BCUT2D eigenvalue weighted by atomic mass is 35.5. The number of aliphatic hydroxyl groups is 2. The van der Waals surface area contributed by atoms with Crippen molar-refractivity contribution in [3.8, 4) is 5.75 Å². The number of benzene rings is 1. The van der Waals surface area contributed by atoms with Crippen LogP contribution in [0.1, 0.15) is 29.3 Å². The van der Waals surface area contributed by atoms with Gasteiger partial charge in [0, 0.05) is 16.5 Å². The fourth-order valence-corrected chi connectivity index (χ4v) is 5.79. The predicted molar refractivity (Wildman–Crippen MR) is 112 cm³/mol. The molecule has 31 heavy (non-hydrogen) atoms. The quantitative estimate of drug-likeness (QED) is 0.501. The summed E-state index contributed by atoms with van der Waals surface area (Å²) in [5.41, 5.74) is 3.40. The second-order valence-electron chi connectivity index (χ2n) is 8.66. The van der Waals surface area contributed by atoms with E-state index in [9.17, 15) is 29.7 Å². The Morgan fingerprint density at radius 1 is 1.26 bits per heavy atom. The van der Waals surface area contributed by atoms with Gasteiger partial charge >= 0.3 is 0 Å². The number of rotatable bonds is 2. The number of primary amides is 1. The summed E-state index contributed by atoms with van der Waals surface area (Å²) in [7, 11) is 3.31. The van der Waals surface area contributed by atoms with Crippen molar-refractivity contribution in [1.82, 2.24) is 4.90 Å². The summed E-state index contributed by atoms with van der Waals surface area (Å²) in [6, 6.07) is 1.98. The minimum atomic E-state index is -2.20. The molecule has 4 atom stereocenters. The van der Waals surface area contributed by atoms with Crippen LogP contribution in [0, 0.1) is 11.8 Å². The number of amides is 1. The van der Waals surface area contributed by atoms with Gasteiger partial charge in [-0.25, -0.2) is 0 Å². The molecule has 0 aliphatic heterocycles. The third-order valence-corrected chi connectivity index (χ3v) is 7.26. The molecule has 0 saturated heterocycles. The number of allylic oxidation sites excluding steroid dienone is 1. The Labute approximate surface area is 183 Å². The van der Waals surface area contributed by atoms with E-state index in [1.54, 1.807) is 19.0 Å². The zero-order valence-corrected chi connectivity index (χ0v) is 18.0. The molecular formula is C22H23ClN2O6. The molecule has 0 bridgehead atoms. The number of halogens is 1. The van der Waals surface area contributed by atoms with Gasteiger partial charge in [0.25, 0.3) is 5.91 Å². The molecule has 0 unspecified atom stereocenters. The van der Waals surface area contributed by atoms with E-state index in [-0.39, 0.29) is 34.8 Å². The van der Waals surface area contributed by atoms with Crippen molar-refractivity contribution in [2.75, 3.05) is 14.1 Å². The lowest BCUT2D eigenvalue weighted by Gasteiger charge is -2.51. The van der Waals surface area contributed by atoms with Crippen LogP contribution in [0.4, 0.5) is 0 Å². The van der Waals surface area contributed by atoms with Crippen molar-refractivity contribution in [1.29, 1.82) is 0 Å². The Balaban J connectivity index is 1.98. The molecule has 3 aliphatic rings. The van der Waals surface area contributed by atoms with Crippen LogP contribution >= 0.6 is 11.6 Å². The van der Waals surface area contributed by atoms with Crippen LogP contribution in [0.3, 0.4) is 0 Å². The van der Waals surface area contributed by atoms with Gasteiger partial charge in [-0.15, -0.1) is 0 Å². The van der Waals surface area contributed by atoms with Gasteiger partial charge in [0.05, 0.1) is 11.6 Å². The summed E-state index contributed by atoms with van der Waals surface area (Å²) >= 11 is 6.30. The number of fused-ring (bicyclic) bond motifs is 3. The molecule has 1 aromatic carbocycles. The van der Waals surface area contributed by atoms with E-state index >= 15 is 0 Å². The van der Waals surface area contributed by atoms with Gasteiger partial charge in [0.15, 0.2) is 11.4 Å². The summed E-state index contributed by atoms with van der Waals surface area (Å²) in [5, 5.41) is 33.1. The molecule has 0 aromatic heterocycles. The Kier molecular flexibility index (Phi) is 4.81. The number of likely N-dealkylation sites (N-methyl/N-ethyl adjacent to an activating group) is 1. The molecule has 0 saturated carbocycles. The van der Waals surface area contributed by atoms with E-state index in [2.05, 4.69) is 0 Å². The average Bonchev–Trinajstić information content (AvgIpc) is 2.67. The van der Waals surface area contributed by atoms with Gasteiger partial charge in [-0.3, -0.25) is 19.3 Å². The lowest BCUT2D eigenvalue weighted by Crippen LogP contribution is -2.63. The molecule has 0 radical (unpaired) electrons. The van der Waals surface area contributed by atoms with E-state index < -0.39 is 46.4 Å². The molecule has 164 valence electrons. The van der Waals surface area contributed by atoms with Crippen LogP contribution < -0.4 is 5.73 Å². The summed E-state index contributed by atoms with van der Waals surface area (Å²) in [6.07, 6.45) is 0.514. The molecule has 3 aliphatic carbocycles. The maximum absolute atomic E-state index is 13.4. The second-order valence-corrected chi connectivity index (χ2v) is 9.07. The third-order valence-electron chi connectivity index (χ3n) is 6.91. The van der Waals surface area contributed by atoms with Gasteiger partial charge in [-0.1, -0.05) is 11.6 Å². The standard InChI is InChI=1S/C22H23ClN2O6/c1-8-14-9(6-10-12(23)4-5-13(26)15(10)18(14)27)7-11-17(25(2)3)19(28)16(21(24)30)20(29)22(8,11)31/h4-5,9,11,17,26,28,31H,6-7H2,1-3H3,(H2,24,30)/t9-,11-,17-,22+/m0/s1. The highest BCUT2D eigenvalue weighted by Gasteiger charge is 2.61.